The lowest BCUT2D eigenvalue weighted by atomic mass is 10.0. The first-order valence-corrected chi connectivity index (χ1v) is 7.61. The predicted octanol–water partition coefficient (Wildman–Crippen LogP) is 0.826. The number of aryl methyl sites for hydroxylation is 1. The number of nitrogens with one attached hydrogen (secondary N) is 1. The molecule has 23 heavy (non-hydrogen) atoms. The number of nitrogens with zero attached hydrogens (tertiary/aromatic N) is 2. The summed E-state index contributed by atoms with van der Waals surface area (Å²) in [6, 6.07) is 7.84. The fourth-order valence-electron chi connectivity index (χ4n) is 2.91. The molecule has 0 fully saturated rings. The Labute approximate surface area is 134 Å². The molecule has 0 aliphatic carbocycles. The van der Waals surface area contributed by atoms with Crippen LogP contribution >= 0.6 is 0 Å². The van der Waals surface area contributed by atoms with E-state index in [0.717, 1.165) is 27.8 Å². The number of fused-ring (bicyclic) bond motifs is 1. The molecule has 0 radical (unpaired) electrons. The second-order valence-electron chi connectivity index (χ2n) is 5.66. The molecule has 0 spiro atoms. The van der Waals surface area contributed by atoms with Gasteiger partial charge in [0.2, 0.25) is 0 Å². The van der Waals surface area contributed by atoms with Gasteiger partial charge < -0.3 is 15.6 Å². The molecule has 0 saturated carbocycles. The number of amides is 2. The van der Waals surface area contributed by atoms with Gasteiger partial charge in [0.05, 0.1) is 5.57 Å². The van der Waals surface area contributed by atoms with E-state index in [9.17, 15) is 9.59 Å². The summed E-state index contributed by atoms with van der Waals surface area (Å²) in [5, 5.41) is 4.05. The molecule has 120 valence electrons. The maximum Gasteiger partial charge on any atom is 0.277 e. The molecule has 3 rings (SSSR count). The van der Waals surface area contributed by atoms with Crippen LogP contribution in [0.15, 0.2) is 36.2 Å². The van der Waals surface area contributed by atoms with Crippen LogP contribution in [0, 0.1) is 0 Å². The van der Waals surface area contributed by atoms with Crippen LogP contribution in [0.2, 0.25) is 0 Å². The third-order valence-electron chi connectivity index (χ3n) is 4.14. The highest BCUT2D eigenvalue weighted by Gasteiger charge is 2.37. The molecule has 2 amide bonds. The van der Waals surface area contributed by atoms with Crippen molar-refractivity contribution in [2.45, 2.75) is 6.42 Å². The minimum absolute atomic E-state index is 0.276. The van der Waals surface area contributed by atoms with Gasteiger partial charge in [0.15, 0.2) is 0 Å². The average molecular weight is 312 g/mol. The van der Waals surface area contributed by atoms with Gasteiger partial charge in [0.1, 0.15) is 5.70 Å². The molecule has 1 aliphatic heterocycles. The van der Waals surface area contributed by atoms with E-state index in [1.807, 2.05) is 42.1 Å². The smallest absolute Gasteiger partial charge is 0.277 e. The molecular weight excluding hydrogens is 292 g/mol. The van der Waals surface area contributed by atoms with Gasteiger partial charge in [-0.15, -0.1) is 0 Å². The molecule has 1 aliphatic rings. The summed E-state index contributed by atoms with van der Waals surface area (Å²) >= 11 is 0. The number of hydrogen-bond acceptors (Lipinski definition) is 4. The lowest BCUT2D eigenvalue weighted by Crippen LogP contribution is -2.30. The van der Waals surface area contributed by atoms with Crippen molar-refractivity contribution in [3.8, 4) is 0 Å². The van der Waals surface area contributed by atoms with Crippen molar-refractivity contribution in [2.24, 2.45) is 12.8 Å². The Morgan fingerprint density at radius 1 is 1.13 bits per heavy atom. The fraction of sp³-hybridized carbons (Fsp3) is 0.294. The average Bonchev–Trinajstić information content (AvgIpc) is 2.99. The number of carbonyl (C=O) groups excluding carboxylic acids is 2. The van der Waals surface area contributed by atoms with Crippen LogP contribution in [0.5, 0.6) is 0 Å². The van der Waals surface area contributed by atoms with Crippen molar-refractivity contribution in [2.75, 3.05) is 20.1 Å². The molecule has 6 heteroatoms. The number of para-hydroxylation sites is 1. The van der Waals surface area contributed by atoms with E-state index >= 15 is 0 Å². The van der Waals surface area contributed by atoms with Crippen LogP contribution in [0.3, 0.4) is 0 Å². The maximum atomic E-state index is 12.6. The number of benzene rings is 1. The van der Waals surface area contributed by atoms with E-state index in [1.54, 1.807) is 0 Å². The number of hydrogen-bond donors (Lipinski definition) is 2. The first-order chi connectivity index (χ1) is 11.1. The number of likely N-dealkylation sites (N-methyl/N-ethyl adjacent to an activating group) is 1. The third kappa shape index (κ3) is 2.41. The van der Waals surface area contributed by atoms with Gasteiger partial charge in [-0.3, -0.25) is 14.5 Å². The van der Waals surface area contributed by atoms with Crippen LogP contribution < -0.4 is 11.1 Å². The summed E-state index contributed by atoms with van der Waals surface area (Å²) in [6.45, 7) is 1.09. The highest BCUT2D eigenvalue weighted by Crippen LogP contribution is 2.33. The Bertz CT molecular complexity index is 819. The lowest BCUT2D eigenvalue weighted by Gasteiger charge is -2.07. The van der Waals surface area contributed by atoms with Gasteiger partial charge in [-0.25, -0.2) is 0 Å². The van der Waals surface area contributed by atoms with Crippen LogP contribution in [0.25, 0.3) is 16.5 Å². The standard InChI is InChI=1S/C17H20N4O2/c1-20-10-12(11-6-3-4-7-13(11)20)14-15(19-9-5-8-18)17(23)21(2)16(14)22/h3-4,6-7,10,19H,5,8-9,18H2,1-2H3. The first kappa shape index (κ1) is 15.3. The molecule has 6 nitrogen and oxygen atoms in total. The lowest BCUT2D eigenvalue weighted by molar-refractivity contribution is -0.135. The van der Waals surface area contributed by atoms with Gasteiger partial charge in [-0.1, -0.05) is 18.2 Å². The molecule has 0 unspecified atom stereocenters. The first-order valence-electron chi connectivity index (χ1n) is 7.61. The largest absolute Gasteiger partial charge is 0.380 e. The van der Waals surface area contributed by atoms with Crippen molar-refractivity contribution < 1.29 is 9.59 Å². The molecule has 1 aromatic carbocycles. The Balaban J connectivity index is 2.15. The molecule has 0 atom stereocenters. The minimum Gasteiger partial charge on any atom is -0.380 e. The third-order valence-corrected chi connectivity index (χ3v) is 4.14. The van der Waals surface area contributed by atoms with E-state index < -0.39 is 0 Å². The van der Waals surface area contributed by atoms with Crippen molar-refractivity contribution in [1.29, 1.82) is 0 Å². The van der Waals surface area contributed by atoms with E-state index in [4.69, 9.17) is 5.73 Å². The van der Waals surface area contributed by atoms with Gasteiger partial charge >= 0.3 is 0 Å². The Kier molecular flexibility index (Phi) is 3.92. The zero-order valence-electron chi connectivity index (χ0n) is 13.3. The molecular formula is C17H20N4O2. The quantitative estimate of drug-likeness (QED) is 0.633. The Morgan fingerprint density at radius 2 is 1.87 bits per heavy atom. The maximum absolute atomic E-state index is 12.6. The number of rotatable bonds is 5. The van der Waals surface area contributed by atoms with Gasteiger partial charge in [-0.05, 0) is 19.0 Å². The van der Waals surface area contributed by atoms with E-state index in [2.05, 4.69) is 5.32 Å². The van der Waals surface area contributed by atoms with Crippen LogP contribution in [0.1, 0.15) is 12.0 Å². The van der Waals surface area contributed by atoms with E-state index in [-0.39, 0.29) is 11.8 Å². The zero-order valence-corrected chi connectivity index (χ0v) is 13.3. The highest BCUT2D eigenvalue weighted by atomic mass is 16.2. The summed E-state index contributed by atoms with van der Waals surface area (Å²) in [6.07, 6.45) is 2.63. The van der Waals surface area contributed by atoms with Crippen molar-refractivity contribution in [3.05, 3.63) is 41.7 Å². The fourth-order valence-corrected chi connectivity index (χ4v) is 2.91. The minimum atomic E-state index is -0.296. The van der Waals surface area contributed by atoms with Crippen LogP contribution in [-0.4, -0.2) is 41.4 Å². The Morgan fingerprint density at radius 3 is 2.61 bits per heavy atom. The SMILES string of the molecule is CN1C(=O)C(NCCCN)=C(c2cn(C)c3ccccc23)C1=O. The van der Waals surface area contributed by atoms with Gasteiger partial charge in [0, 0.05) is 43.3 Å². The van der Waals surface area contributed by atoms with Gasteiger partial charge in [0.25, 0.3) is 11.8 Å². The topological polar surface area (TPSA) is 80.4 Å². The number of imide groups is 1. The molecule has 3 N–H and O–H groups in total. The molecule has 0 saturated heterocycles. The Hall–Kier alpha value is -2.60. The molecule has 1 aromatic heterocycles. The van der Waals surface area contributed by atoms with Crippen molar-refractivity contribution in [3.63, 3.8) is 0 Å². The predicted molar refractivity (Wildman–Crippen MR) is 89.3 cm³/mol. The normalized spacial score (nSPS) is 15.2. The van der Waals surface area contributed by atoms with Crippen LogP contribution in [0.4, 0.5) is 0 Å². The van der Waals surface area contributed by atoms with Crippen LogP contribution in [-0.2, 0) is 16.6 Å². The summed E-state index contributed by atoms with van der Waals surface area (Å²) in [4.78, 5) is 26.1. The molecule has 2 heterocycles. The number of nitrogens with two attached hydrogens (primary N) is 1. The van der Waals surface area contributed by atoms with E-state index in [1.165, 1.54) is 7.05 Å². The second-order valence-corrected chi connectivity index (χ2v) is 5.66. The summed E-state index contributed by atoms with van der Waals surface area (Å²) in [7, 11) is 3.44. The van der Waals surface area contributed by atoms with Gasteiger partial charge in [-0.2, -0.15) is 0 Å². The number of carbonyl (C=O) groups is 2. The highest BCUT2D eigenvalue weighted by molar-refractivity contribution is 6.36. The monoisotopic (exact) mass is 312 g/mol. The van der Waals surface area contributed by atoms with Crippen molar-refractivity contribution >= 4 is 28.3 Å². The molecule has 0 bridgehead atoms. The number of aromatic nitrogens is 1. The summed E-state index contributed by atoms with van der Waals surface area (Å²) in [5.74, 6) is -0.573. The summed E-state index contributed by atoms with van der Waals surface area (Å²) < 4.78 is 1.96. The van der Waals surface area contributed by atoms with E-state index in [0.29, 0.717) is 24.4 Å². The zero-order chi connectivity index (χ0) is 16.6. The van der Waals surface area contributed by atoms with Crippen molar-refractivity contribution in [1.82, 2.24) is 14.8 Å². The summed E-state index contributed by atoms with van der Waals surface area (Å²) in [5.41, 5.74) is 8.10. The second kappa shape index (κ2) is 5.89. The molecule has 2 aromatic rings.